The van der Waals surface area contributed by atoms with E-state index in [1.165, 1.54) is 0 Å². The van der Waals surface area contributed by atoms with E-state index in [9.17, 15) is 0 Å². The van der Waals surface area contributed by atoms with Crippen LogP contribution in [0.3, 0.4) is 0 Å². The predicted molar refractivity (Wildman–Crippen MR) is 98.0 cm³/mol. The van der Waals surface area contributed by atoms with E-state index < -0.39 is 0 Å². The lowest BCUT2D eigenvalue weighted by atomic mass is 10.1. The molecule has 6 heteroatoms. The highest BCUT2D eigenvalue weighted by molar-refractivity contribution is 6.43. The molecule has 3 aromatic rings. The van der Waals surface area contributed by atoms with E-state index in [2.05, 4.69) is 9.97 Å². The second-order valence-electron chi connectivity index (χ2n) is 5.15. The molecule has 1 heterocycles. The summed E-state index contributed by atoms with van der Waals surface area (Å²) in [4.78, 5) is 7.92. The molecular formula is C17H12Cl4N2. The molecule has 0 aliphatic carbocycles. The molecule has 0 radical (unpaired) electrons. The van der Waals surface area contributed by atoms with Crippen molar-refractivity contribution < 1.29 is 0 Å². The molecule has 1 aromatic heterocycles. The fourth-order valence-corrected chi connectivity index (χ4v) is 3.20. The van der Waals surface area contributed by atoms with Crippen LogP contribution >= 0.6 is 46.4 Å². The largest absolute Gasteiger partial charge is 0.345 e. The van der Waals surface area contributed by atoms with E-state index in [1.807, 2.05) is 31.2 Å². The lowest BCUT2D eigenvalue weighted by molar-refractivity contribution is 1.02. The summed E-state index contributed by atoms with van der Waals surface area (Å²) in [7, 11) is 0. The minimum absolute atomic E-state index is 0.496. The molecule has 0 aliphatic heterocycles. The van der Waals surface area contributed by atoms with Gasteiger partial charge in [-0.1, -0.05) is 70.7 Å². The van der Waals surface area contributed by atoms with Gasteiger partial charge in [-0.25, -0.2) is 4.98 Å². The number of benzene rings is 2. The zero-order chi connectivity index (χ0) is 16.6. The maximum atomic E-state index is 6.29. The van der Waals surface area contributed by atoms with Crippen LogP contribution in [0.1, 0.15) is 17.1 Å². The van der Waals surface area contributed by atoms with E-state index in [1.54, 1.807) is 12.1 Å². The van der Waals surface area contributed by atoms with Gasteiger partial charge >= 0.3 is 0 Å². The van der Waals surface area contributed by atoms with E-state index in [0.29, 0.717) is 26.5 Å². The van der Waals surface area contributed by atoms with Crippen LogP contribution in [0.25, 0.3) is 11.3 Å². The maximum Gasteiger partial charge on any atom is 0.111 e. The van der Waals surface area contributed by atoms with Gasteiger partial charge in [0, 0.05) is 17.7 Å². The molecule has 0 unspecified atom stereocenters. The topological polar surface area (TPSA) is 28.7 Å². The third-order valence-corrected chi connectivity index (χ3v) is 5.21. The molecule has 0 atom stereocenters. The highest BCUT2D eigenvalue weighted by atomic mass is 35.5. The smallest absolute Gasteiger partial charge is 0.111 e. The van der Waals surface area contributed by atoms with Crippen molar-refractivity contribution in [2.24, 2.45) is 0 Å². The van der Waals surface area contributed by atoms with Crippen molar-refractivity contribution in [2.75, 3.05) is 0 Å². The molecule has 0 saturated carbocycles. The van der Waals surface area contributed by atoms with Crippen molar-refractivity contribution in [3.63, 3.8) is 0 Å². The quantitative estimate of drug-likeness (QED) is 0.541. The highest BCUT2D eigenvalue weighted by Gasteiger charge is 2.15. The number of rotatable bonds is 3. The number of imidazole rings is 1. The van der Waals surface area contributed by atoms with Crippen LogP contribution in [0.15, 0.2) is 36.4 Å². The molecule has 0 bridgehead atoms. The van der Waals surface area contributed by atoms with E-state index in [0.717, 1.165) is 28.3 Å². The van der Waals surface area contributed by atoms with Gasteiger partial charge in [0.05, 0.1) is 25.8 Å². The number of aromatic nitrogens is 2. The van der Waals surface area contributed by atoms with Gasteiger partial charge in [0.25, 0.3) is 0 Å². The Labute approximate surface area is 154 Å². The van der Waals surface area contributed by atoms with E-state index >= 15 is 0 Å². The third kappa shape index (κ3) is 3.36. The number of aryl methyl sites for hydroxylation is 1. The molecule has 0 amide bonds. The zero-order valence-corrected chi connectivity index (χ0v) is 15.2. The van der Waals surface area contributed by atoms with Crippen molar-refractivity contribution in [3.05, 3.63) is 73.6 Å². The van der Waals surface area contributed by atoms with Gasteiger partial charge in [-0.05, 0) is 24.6 Å². The third-order valence-electron chi connectivity index (χ3n) is 3.53. The van der Waals surface area contributed by atoms with Gasteiger partial charge in [0.1, 0.15) is 5.82 Å². The maximum absolute atomic E-state index is 6.29. The Morgan fingerprint density at radius 3 is 2.30 bits per heavy atom. The second kappa shape index (κ2) is 6.74. The van der Waals surface area contributed by atoms with Gasteiger partial charge < -0.3 is 4.98 Å². The number of nitrogens with zero attached hydrogens (tertiary/aromatic N) is 1. The Balaban J connectivity index is 1.98. The average Bonchev–Trinajstić information content (AvgIpc) is 2.87. The number of nitrogens with one attached hydrogen (secondary N) is 1. The zero-order valence-electron chi connectivity index (χ0n) is 12.1. The van der Waals surface area contributed by atoms with Crippen molar-refractivity contribution in [2.45, 2.75) is 13.3 Å². The summed E-state index contributed by atoms with van der Waals surface area (Å²) in [5.41, 5.74) is 3.42. The SMILES string of the molecule is Cc1[nH]c(Cc2cccc(Cl)c2Cl)nc1-c1cccc(Cl)c1Cl. The van der Waals surface area contributed by atoms with Gasteiger partial charge in [-0.3, -0.25) is 0 Å². The first-order valence-corrected chi connectivity index (χ1v) is 8.41. The molecule has 2 aromatic carbocycles. The Hall–Kier alpha value is -1.19. The number of hydrogen-bond acceptors (Lipinski definition) is 1. The summed E-state index contributed by atoms with van der Waals surface area (Å²) in [5.74, 6) is 0.790. The molecule has 0 spiro atoms. The molecule has 23 heavy (non-hydrogen) atoms. The molecular weight excluding hydrogens is 374 g/mol. The first-order valence-electron chi connectivity index (χ1n) is 6.90. The second-order valence-corrected chi connectivity index (χ2v) is 6.72. The van der Waals surface area contributed by atoms with Gasteiger partial charge in [0.15, 0.2) is 0 Å². The Bertz CT molecular complexity index is 871. The molecule has 118 valence electrons. The standard InChI is InChI=1S/C17H12Cl4N2/c1-9-17(11-5-3-7-13(19)16(11)21)23-14(22-9)8-10-4-2-6-12(18)15(10)20/h2-7H,8H2,1H3,(H,22,23). The van der Waals surface area contributed by atoms with Crippen LogP contribution in [0, 0.1) is 6.92 Å². The Morgan fingerprint density at radius 2 is 1.57 bits per heavy atom. The molecule has 1 N–H and O–H groups in total. The Kier molecular flexibility index (Phi) is 4.88. The first kappa shape index (κ1) is 16.7. The lowest BCUT2D eigenvalue weighted by Gasteiger charge is -2.04. The summed E-state index contributed by atoms with van der Waals surface area (Å²) in [6.45, 7) is 1.95. The van der Waals surface area contributed by atoms with Crippen LogP contribution in [-0.2, 0) is 6.42 Å². The van der Waals surface area contributed by atoms with Crippen LogP contribution < -0.4 is 0 Å². The average molecular weight is 386 g/mol. The van der Waals surface area contributed by atoms with Gasteiger partial charge in [-0.15, -0.1) is 0 Å². The lowest BCUT2D eigenvalue weighted by Crippen LogP contribution is -1.92. The molecule has 0 saturated heterocycles. The van der Waals surface area contributed by atoms with Crippen LogP contribution in [-0.4, -0.2) is 9.97 Å². The summed E-state index contributed by atoms with van der Waals surface area (Å²) < 4.78 is 0. The number of halogens is 4. The van der Waals surface area contributed by atoms with Gasteiger partial charge in [-0.2, -0.15) is 0 Å². The predicted octanol–water partition coefficient (Wildman–Crippen LogP) is 6.59. The molecule has 0 fully saturated rings. The Morgan fingerprint density at radius 1 is 0.913 bits per heavy atom. The van der Waals surface area contributed by atoms with Crippen LogP contribution in [0.4, 0.5) is 0 Å². The van der Waals surface area contributed by atoms with Crippen molar-refractivity contribution >= 4 is 46.4 Å². The van der Waals surface area contributed by atoms with Crippen LogP contribution in [0.5, 0.6) is 0 Å². The number of aromatic amines is 1. The monoisotopic (exact) mass is 384 g/mol. The van der Waals surface area contributed by atoms with Crippen molar-refractivity contribution in [1.29, 1.82) is 0 Å². The first-order chi connectivity index (χ1) is 11.0. The normalized spacial score (nSPS) is 11.0. The van der Waals surface area contributed by atoms with Crippen LogP contribution in [0.2, 0.25) is 20.1 Å². The minimum Gasteiger partial charge on any atom is -0.345 e. The molecule has 3 rings (SSSR count). The highest BCUT2D eigenvalue weighted by Crippen LogP contribution is 2.34. The summed E-state index contributed by atoms with van der Waals surface area (Å²) >= 11 is 24.7. The minimum atomic E-state index is 0.496. The van der Waals surface area contributed by atoms with E-state index in [-0.39, 0.29) is 0 Å². The summed E-state index contributed by atoms with van der Waals surface area (Å²) in [5, 5.41) is 2.08. The summed E-state index contributed by atoms with van der Waals surface area (Å²) in [6.07, 6.45) is 0.554. The fraction of sp³-hybridized carbons (Fsp3) is 0.118. The molecule has 2 nitrogen and oxygen atoms in total. The number of hydrogen-bond donors (Lipinski definition) is 1. The summed E-state index contributed by atoms with van der Waals surface area (Å²) in [6, 6.07) is 11.1. The fourth-order valence-electron chi connectivity index (χ4n) is 2.42. The van der Waals surface area contributed by atoms with E-state index in [4.69, 9.17) is 46.4 Å². The number of H-pyrrole nitrogens is 1. The van der Waals surface area contributed by atoms with Crippen molar-refractivity contribution in [3.8, 4) is 11.3 Å². The van der Waals surface area contributed by atoms with Crippen molar-refractivity contribution in [1.82, 2.24) is 9.97 Å². The van der Waals surface area contributed by atoms with Gasteiger partial charge in [0.2, 0.25) is 0 Å². The molecule has 0 aliphatic rings.